The number of nitrogens with one attached hydrogen (secondary N) is 2. The van der Waals surface area contributed by atoms with Crippen molar-refractivity contribution >= 4 is 53.0 Å². The molecule has 1 aliphatic heterocycles. The van der Waals surface area contributed by atoms with E-state index in [4.69, 9.17) is 9.05 Å². The third kappa shape index (κ3) is 6.46. The van der Waals surface area contributed by atoms with E-state index in [2.05, 4.69) is 15.6 Å². The third-order valence-electron chi connectivity index (χ3n) is 6.55. The first kappa shape index (κ1) is 30.3. The summed E-state index contributed by atoms with van der Waals surface area (Å²) in [5.41, 5.74) is 1.38. The molecule has 1 saturated heterocycles. The molecule has 0 aliphatic carbocycles. The van der Waals surface area contributed by atoms with E-state index >= 15 is 0 Å². The van der Waals surface area contributed by atoms with Gasteiger partial charge < -0.3 is 19.7 Å². The first-order valence-corrected chi connectivity index (χ1v) is 15.5. The molecule has 1 aliphatic rings. The van der Waals surface area contributed by atoms with E-state index in [0.29, 0.717) is 10.9 Å². The summed E-state index contributed by atoms with van der Waals surface area (Å²) >= 11 is 1.07. The standard InChI is InChI=1S/C28H31N4O7PS/c1-5-38-40(37,39-6-2)21-14-12-20(13-15-21)23-26(35)32(28(36)30-23)24(17(3)19-10-8-7-9-11-19)25(34)31-27-29-22(16-41-27)18(4)33/h7-17,23-24H,5-6H2,1-4H3,(H,30,36)(H,29,31,34)/t17-,23?,24+/m1/s1. The first-order chi connectivity index (χ1) is 19.6. The zero-order chi connectivity index (χ0) is 29.7. The fraction of sp³-hybridized carbons (Fsp3) is 0.321. The van der Waals surface area contributed by atoms with Gasteiger partial charge >= 0.3 is 13.6 Å². The van der Waals surface area contributed by atoms with Crippen LogP contribution < -0.4 is 15.9 Å². The second-order valence-corrected chi connectivity index (χ2v) is 12.1. The van der Waals surface area contributed by atoms with Crippen LogP contribution in [0.25, 0.3) is 0 Å². The zero-order valence-corrected chi connectivity index (χ0v) is 24.7. The van der Waals surface area contributed by atoms with Crippen LogP contribution in [0.5, 0.6) is 0 Å². The van der Waals surface area contributed by atoms with Crippen LogP contribution in [-0.4, -0.2) is 52.8 Å². The molecule has 1 unspecified atom stereocenters. The van der Waals surface area contributed by atoms with Crippen LogP contribution in [-0.2, 0) is 23.2 Å². The Morgan fingerprint density at radius 2 is 1.71 bits per heavy atom. The minimum Gasteiger partial charge on any atom is -0.322 e. The fourth-order valence-corrected chi connectivity index (χ4v) is 6.86. The number of anilines is 1. The van der Waals surface area contributed by atoms with Crippen LogP contribution >= 0.6 is 18.9 Å². The number of amides is 4. The summed E-state index contributed by atoms with van der Waals surface area (Å²) in [7, 11) is -3.54. The molecular weight excluding hydrogens is 567 g/mol. The predicted octanol–water partition coefficient (Wildman–Crippen LogP) is 4.64. The average Bonchev–Trinajstić information content (AvgIpc) is 3.54. The molecule has 0 saturated carbocycles. The van der Waals surface area contributed by atoms with Gasteiger partial charge in [-0.05, 0) is 37.1 Å². The number of nitrogens with zero attached hydrogens (tertiary/aromatic N) is 2. The summed E-state index contributed by atoms with van der Waals surface area (Å²) in [5, 5.41) is 7.37. The van der Waals surface area contributed by atoms with E-state index in [1.54, 1.807) is 45.0 Å². The SMILES string of the molecule is CCOP(=O)(OCC)c1ccc(C2NC(=O)N([C@H](C(=O)Nc3nc(C(C)=O)cs3)[C@H](C)c3ccccc3)C2=O)cc1. The van der Waals surface area contributed by atoms with Crippen LogP contribution in [0, 0.1) is 0 Å². The maximum Gasteiger partial charge on any atom is 0.361 e. The van der Waals surface area contributed by atoms with Crippen molar-refractivity contribution in [1.29, 1.82) is 0 Å². The third-order valence-corrected chi connectivity index (χ3v) is 9.44. The maximum absolute atomic E-state index is 13.7. The number of carbonyl (C=O) groups is 4. The smallest absolute Gasteiger partial charge is 0.322 e. The van der Waals surface area contributed by atoms with Crippen molar-refractivity contribution in [1.82, 2.24) is 15.2 Å². The minimum atomic E-state index is -3.54. The second kappa shape index (κ2) is 12.9. The Kier molecular flexibility index (Phi) is 9.49. The molecule has 3 atom stereocenters. The highest BCUT2D eigenvalue weighted by Crippen LogP contribution is 2.47. The number of aromatic nitrogens is 1. The number of rotatable bonds is 12. The van der Waals surface area contributed by atoms with E-state index in [9.17, 15) is 23.7 Å². The summed E-state index contributed by atoms with van der Waals surface area (Å²) < 4.78 is 23.9. The number of carbonyl (C=O) groups excluding carboxylic acids is 4. The van der Waals surface area contributed by atoms with Gasteiger partial charge in [0.2, 0.25) is 5.91 Å². The quantitative estimate of drug-likeness (QED) is 0.174. The van der Waals surface area contributed by atoms with Crippen LogP contribution in [0.4, 0.5) is 9.93 Å². The lowest BCUT2D eigenvalue weighted by Gasteiger charge is -2.29. The molecule has 4 rings (SSSR count). The van der Waals surface area contributed by atoms with E-state index in [1.165, 1.54) is 24.4 Å². The Hall–Kier alpha value is -3.70. The van der Waals surface area contributed by atoms with Crippen molar-refractivity contribution in [2.75, 3.05) is 18.5 Å². The highest BCUT2D eigenvalue weighted by molar-refractivity contribution is 7.62. The van der Waals surface area contributed by atoms with E-state index in [0.717, 1.165) is 21.8 Å². The van der Waals surface area contributed by atoms with Crippen LogP contribution in [0.2, 0.25) is 0 Å². The normalized spacial score (nSPS) is 16.8. The van der Waals surface area contributed by atoms with Crippen molar-refractivity contribution in [2.45, 2.75) is 45.7 Å². The first-order valence-electron chi connectivity index (χ1n) is 13.0. The number of imide groups is 1. The molecule has 41 heavy (non-hydrogen) atoms. The lowest BCUT2D eigenvalue weighted by molar-refractivity contribution is -0.134. The van der Waals surface area contributed by atoms with Gasteiger partial charge in [-0.1, -0.05) is 49.4 Å². The van der Waals surface area contributed by atoms with Crippen molar-refractivity contribution in [3.8, 4) is 0 Å². The van der Waals surface area contributed by atoms with E-state index < -0.39 is 43.4 Å². The molecule has 2 N–H and O–H groups in total. The zero-order valence-electron chi connectivity index (χ0n) is 23.0. The molecule has 2 aromatic carbocycles. The Balaban J connectivity index is 1.64. The van der Waals surface area contributed by atoms with Crippen molar-refractivity contribution < 1.29 is 32.8 Å². The summed E-state index contributed by atoms with van der Waals surface area (Å²) in [6.07, 6.45) is 0. The molecule has 13 heteroatoms. The molecule has 1 fully saturated rings. The number of thiazole rings is 1. The van der Waals surface area contributed by atoms with E-state index in [1.807, 2.05) is 18.2 Å². The topological polar surface area (TPSA) is 144 Å². The molecule has 216 valence electrons. The summed E-state index contributed by atoms with van der Waals surface area (Å²) in [6, 6.07) is 12.2. The summed E-state index contributed by atoms with van der Waals surface area (Å²) in [4.78, 5) is 57.4. The van der Waals surface area contributed by atoms with Gasteiger partial charge in [-0.15, -0.1) is 11.3 Å². The number of hydrogen-bond acceptors (Lipinski definition) is 9. The van der Waals surface area contributed by atoms with Gasteiger partial charge in [0.25, 0.3) is 5.91 Å². The molecule has 1 aromatic heterocycles. The number of hydrogen-bond donors (Lipinski definition) is 2. The molecule has 3 aromatic rings. The lowest BCUT2D eigenvalue weighted by Crippen LogP contribution is -2.50. The largest absolute Gasteiger partial charge is 0.361 e. The summed E-state index contributed by atoms with van der Waals surface area (Å²) in [6.45, 7) is 6.91. The molecule has 11 nitrogen and oxygen atoms in total. The number of ketones is 1. The van der Waals surface area contributed by atoms with E-state index in [-0.39, 0.29) is 29.8 Å². The van der Waals surface area contributed by atoms with Crippen LogP contribution in [0.15, 0.2) is 60.0 Å². The van der Waals surface area contributed by atoms with Crippen molar-refractivity contribution in [3.63, 3.8) is 0 Å². The Bertz CT molecular complexity index is 1470. The molecule has 0 radical (unpaired) electrons. The molecule has 0 spiro atoms. The Morgan fingerprint density at radius 3 is 2.27 bits per heavy atom. The van der Waals surface area contributed by atoms with Crippen molar-refractivity contribution in [3.05, 3.63) is 76.8 Å². The monoisotopic (exact) mass is 598 g/mol. The van der Waals surface area contributed by atoms with Gasteiger partial charge in [0, 0.05) is 18.2 Å². The van der Waals surface area contributed by atoms with Gasteiger partial charge in [-0.3, -0.25) is 18.9 Å². The molecule has 2 heterocycles. The second-order valence-electron chi connectivity index (χ2n) is 9.24. The number of benzene rings is 2. The highest BCUT2D eigenvalue weighted by Gasteiger charge is 2.47. The molecule has 0 bridgehead atoms. The highest BCUT2D eigenvalue weighted by atomic mass is 32.1. The van der Waals surface area contributed by atoms with Gasteiger partial charge in [0.15, 0.2) is 10.9 Å². The minimum absolute atomic E-state index is 0.178. The van der Waals surface area contributed by atoms with Gasteiger partial charge in [-0.25, -0.2) is 14.7 Å². The Morgan fingerprint density at radius 1 is 1.07 bits per heavy atom. The van der Waals surface area contributed by atoms with Gasteiger partial charge in [0.05, 0.1) is 18.5 Å². The fourth-order valence-electron chi connectivity index (χ4n) is 4.54. The molecular formula is C28H31N4O7PS. The maximum atomic E-state index is 13.7. The molecule has 4 amide bonds. The summed E-state index contributed by atoms with van der Waals surface area (Å²) in [5.74, 6) is -2.08. The van der Waals surface area contributed by atoms with Crippen LogP contribution in [0.3, 0.4) is 0 Å². The van der Waals surface area contributed by atoms with Crippen LogP contribution in [0.1, 0.15) is 61.3 Å². The van der Waals surface area contributed by atoms with Gasteiger partial charge in [-0.2, -0.15) is 0 Å². The predicted molar refractivity (Wildman–Crippen MR) is 154 cm³/mol. The average molecular weight is 599 g/mol. The van der Waals surface area contributed by atoms with Gasteiger partial charge in [0.1, 0.15) is 17.8 Å². The number of urea groups is 1. The van der Waals surface area contributed by atoms with Crippen molar-refractivity contribution in [2.24, 2.45) is 0 Å². The lowest BCUT2D eigenvalue weighted by atomic mass is 9.91. The Labute approximate surface area is 241 Å². The number of Topliss-reactive ketones (excluding diaryl/α,β-unsaturated/α-hetero) is 1.